The van der Waals surface area contributed by atoms with E-state index in [1.165, 1.54) is 30.5 Å². The van der Waals surface area contributed by atoms with Gasteiger partial charge in [0.1, 0.15) is 0 Å². The molecule has 0 radical (unpaired) electrons. The van der Waals surface area contributed by atoms with Crippen LogP contribution in [0.4, 0.5) is 0 Å². The normalized spacial score (nSPS) is 9.35. The van der Waals surface area contributed by atoms with Crippen molar-refractivity contribution in [1.29, 1.82) is 5.26 Å². The Kier molecular flexibility index (Phi) is 4.04. The van der Waals surface area contributed by atoms with Crippen LogP contribution in [0.2, 0.25) is 0 Å². The molecule has 2 amide bonds. The molecule has 1 aromatic carbocycles. The van der Waals surface area contributed by atoms with E-state index in [2.05, 4.69) is 15.8 Å². The van der Waals surface area contributed by atoms with Crippen molar-refractivity contribution in [3.8, 4) is 6.07 Å². The minimum atomic E-state index is -0.466. The molecule has 0 spiro atoms. The Hall–Kier alpha value is -3.20. The molecule has 0 atom stereocenters. The molecule has 2 aromatic rings. The molecular formula is C14H10N4O2. The fraction of sp³-hybridized carbons (Fsp3) is 0. The lowest BCUT2D eigenvalue weighted by Gasteiger charge is -2.07. The zero-order valence-electron chi connectivity index (χ0n) is 10.3. The minimum absolute atomic E-state index is 0.340. The van der Waals surface area contributed by atoms with Crippen molar-refractivity contribution < 1.29 is 9.59 Å². The van der Waals surface area contributed by atoms with Crippen molar-refractivity contribution in [1.82, 2.24) is 15.8 Å². The van der Waals surface area contributed by atoms with Crippen molar-refractivity contribution >= 4 is 11.8 Å². The summed E-state index contributed by atoms with van der Waals surface area (Å²) in [5, 5.41) is 8.66. The summed E-state index contributed by atoms with van der Waals surface area (Å²) in [4.78, 5) is 27.2. The Morgan fingerprint density at radius 3 is 2.20 bits per heavy atom. The summed E-state index contributed by atoms with van der Waals surface area (Å²) in [5.41, 5.74) is 5.71. The summed E-state index contributed by atoms with van der Waals surface area (Å²) in [5.74, 6) is -0.924. The fourth-order valence-corrected chi connectivity index (χ4v) is 1.45. The molecule has 1 aromatic heterocycles. The molecule has 20 heavy (non-hydrogen) atoms. The van der Waals surface area contributed by atoms with Gasteiger partial charge >= 0.3 is 0 Å². The lowest BCUT2D eigenvalue weighted by atomic mass is 10.1. The first-order valence-electron chi connectivity index (χ1n) is 5.71. The average molecular weight is 266 g/mol. The predicted octanol–water partition coefficient (Wildman–Crippen LogP) is 1.03. The molecule has 0 aliphatic carbocycles. The number of pyridine rings is 1. The van der Waals surface area contributed by atoms with E-state index in [9.17, 15) is 9.59 Å². The highest BCUT2D eigenvalue weighted by molar-refractivity contribution is 5.98. The molecule has 1 heterocycles. The van der Waals surface area contributed by atoms with Crippen molar-refractivity contribution in [3.05, 3.63) is 65.5 Å². The van der Waals surface area contributed by atoms with Crippen molar-refractivity contribution in [2.24, 2.45) is 0 Å². The average Bonchev–Trinajstić information content (AvgIpc) is 2.53. The number of nitrogens with one attached hydrogen (secondary N) is 2. The van der Waals surface area contributed by atoms with E-state index in [1.807, 2.05) is 6.07 Å². The molecule has 0 saturated carbocycles. The second-order valence-electron chi connectivity index (χ2n) is 3.84. The van der Waals surface area contributed by atoms with E-state index < -0.39 is 11.8 Å². The number of hydrogen-bond acceptors (Lipinski definition) is 4. The molecule has 0 fully saturated rings. The molecule has 2 N–H and O–H groups in total. The van der Waals surface area contributed by atoms with E-state index in [1.54, 1.807) is 18.3 Å². The molecule has 98 valence electrons. The third-order valence-corrected chi connectivity index (χ3v) is 2.49. The third kappa shape index (κ3) is 3.17. The quantitative estimate of drug-likeness (QED) is 0.793. The summed E-state index contributed by atoms with van der Waals surface area (Å²) in [6, 6.07) is 11.2. The van der Waals surface area contributed by atoms with Crippen molar-refractivity contribution in [3.63, 3.8) is 0 Å². The highest BCUT2D eigenvalue weighted by Gasteiger charge is 2.08. The highest BCUT2D eigenvalue weighted by Crippen LogP contribution is 2.02. The maximum Gasteiger partial charge on any atom is 0.271 e. The number of hydrogen-bond donors (Lipinski definition) is 2. The van der Waals surface area contributed by atoms with Crippen LogP contribution in [0.25, 0.3) is 0 Å². The summed E-state index contributed by atoms with van der Waals surface area (Å²) in [7, 11) is 0. The minimum Gasteiger partial charge on any atom is -0.267 e. The molecule has 0 aliphatic rings. The van der Waals surface area contributed by atoms with Gasteiger partial charge in [-0.15, -0.1) is 0 Å². The lowest BCUT2D eigenvalue weighted by Crippen LogP contribution is -2.41. The van der Waals surface area contributed by atoms with E-state index in [0.717, 1.165) is 0 Å². The molecule has 2 rings (SSSR count). The number of benzene rings is 1. The van der Waals surface area contributed by atoms with Gasteiger partial charge in [0, 0.05) is 18.0 Å². The monoisotopic (exact) mass is 266 g/mol. The third-order valence-electron chi connectivity index (χ3n) is 2.49. The van der Waals surface area contributed by atoms with Crippen LogP contribution in [0.3, 0.4) is 0 Å². The maximum absolute atomic E-state index is 11.8. The standard InChI is InChI=1S/C14H10N4O2/c15-8-10-3-5-11(6-4-10)13(19)17-18-14(20)12-2-1-7-16-9-12/h1-7,9H,(H,17,19)(H,18,20). The number of nitriles is 1. The number of amides is 2. The number of carbonyl (C=O) groups is 2. The van der Waals surface area contributed by atoms with Gasteiger partial charge in [0.2, 0.25) is 0 Å². The van der Waals surface area contributed by atoms with Gasteiger partial charge in [-0.1, -0.05) is 0 Å². The molecule has 0 bridgehead atoms. The molecule has 6 nitrogen and oxygen atoms in total. The van der Waals surface area contributed by atoms with Crippen LogP contribution in [-0.2, 0) is 0 Å². The second kappa shape index (κ2) is 6.11. The maximum atomic E-state index is 11.8. The lowest BCUT2D eigenvalue weighted by molar-refractivity contribution is 0.0846. The van der Waals surface area contributed by atoms with Crippen LogP contribution in [0.5, 0.6) is 0 Å². The number of carbonyl (C=O) groups excluding carboxylic acids is 2. The number of hydrazine groups is 1. The van der Waals surface area contributed by atoms with Gasteiger partial charge in [-0.05, 0) is 36.4 Å². The number of rotatable bonds is 2. The van der Waals surface area contributed by atoms with Crippen LogP contribution in [0, 0.1) is 11.3 Å². The molecular weight excluding hydrogens is 256 g/mol. The zero-order valence-corrected chi connectivity index (χ0v) is 10.3. The van der Waals surface area contributed by atoms with Crippen molar-refractivity contribution in [2.45, 2.75) is 0 Å². The Morgan fingerprint density at radius 2 is 1.65 bits per heavy atom. The van der Waals surface area contributed by atoms with Crippen LogP contribution < -0.4 is 10.9 Å². The van der Waals surface area contributed by atoms with E-state index in [-0.39, 0.29) is 0 Å². The Balaban J connectivity index is 1.95. The van der Waals surface area contributed by atoms with Gasteiger partial charge in [0.15, 0.2) is 0 Å². The smallest absolute Gasteiger partial charge is 0.267 e. The van der Waals surface area contributed by atoms with Gasteiger partial charge in [0.25, 0.3) is 11.8 Å². The Labute approximate surface area is 115 Å². The van der Waals surface area contributed by atoms with Crippen LogP contribution in [0.15, 0.2) is 48.8 Å². The summed E-state index contributed by atoms with van der Waals surface area (Å²) < 4.78 is 0. The predicted molar refractivity (Wildman–Crippen MR) is 70.3 cm³/mol. The molecule has 0 unspecified atom stereocenters. The van der Waals surface area contributed by atoms with E-state index in [0.29, 0.717) is 16.7 Å². The van der Waals surface area contributed by atoms with Gasteiger partial charge in [-0.25, -0.2) is 0 Å². The Morgan fingerprint density at radius 1 is 1.00 bits per heavy atom. The summed E-state index contributed by atoms with van der Waals surface area (Å²) >= 11 is 0. The number of nitrogens with zero attached hydrogens (tertiary/aromatic N) is 2. The van der Waals surface area contributed by atoms with Crippen LogP contribution >= 0.6 is 0 Å². The van der Waals surface area contributed by atoms with Crippen LogP contribution in [-0.4, -0.2) is 16.8 Å². The molecule has 0 aliphatic heterocycles. The first-order chi connectivity index (χ1) is 9.70. The molecule has 0 saturated heterocycles. The zero-order chi connectivity index (χ0) is 14.4. The van der Waals surface area contributed by atoms with Crippen LogP contribution in [0.1, 0.15) is 26.3 Å². The highest BCUT2D eigenvalue weighted by atomic mass is 16.2. The van der Waals surface area contributed by atoms with Gasteiger partial charge in [0.05, 0.1) is 17.2 Å². The largest absolute Gasteiger partial charge is 0.271 e. The molecule has 6 heteroatoms. The van der Waals surface area contributed by atoms with Gasteiger partial charge in [-0.3, -0.25) is 25.4 Å². The first-order valence-corrected chi connectivity index (χ1v) is 5.71. The van der Waals surface area contributed by atoms with Gasteiger partial charge in [-0.2, -0.15) is 5.26 Å². The summed E-state index contributed by atoms with van der Waals surface area (Å²) in [6.07, 6.45) is 2.94. The first kappa shape index (κ1) is 13.2. The summed E-state index contributed by atoms with van der Waals surface area (Å²) in [6.45, 7) is 0. The van der Waals surface area contributed by atoms with E-state index >= 15 is 0 Å². The number of aromatic nitrogens is 1. The Bertz CT molecular complexity index is 660. The van der Waals surface area contributed by atoms with E-state index in [4.69, 9.17) is 5.26 Å². The second-order valence-corrected chi connectivity index (χ2v) is 3.84. The fourth-order valence-electron chi connectivity index (χ4n) is 1.45. The topological polar surface area (TPSA) is 94.9 Å². The van der Waals surface area contributed by atoms with Crippen molar-refractivity contribution in [2.75, 3.05) is 0 Å². The SMILES string of the molecule is N#Cc1ccc(C(=O)NNC(=O)c2cccnc2)cc1. The van der Waals surface area contributed by atoms with Gasteiger partial charge < -0.3 is 0 Å².